The number of amides is 1. The zero-order valence-electron chi connectivity index (χ0n) is 7.52. The normalized spacial score (nSPS) is 17.5. The molecular formula is C8H16ClNO. The van der Waals surface area contributed by atoms with Crippen molar-refractivity contribution in [1.29, 1.82) is 0 Å². The highest BCUT2D eigenvalue weighted by Gasteiger charge is 2.30. The maximum absolute atomic E-state index is 10.7. The molecule has 3 heteroatoms. The topological polar surface area (TPSA) is 43.1 Å². The first-order chi connectivity index (χ1) is 4.76. The predicted octanol–water partition coefficient (Wildman–Crippen LogP) is 1.76. The first kappa shape index (κ1) is 10.8. The van der Waals surface area contributed by atoms with E-state index in [4.69, 9.17) is 17.3 Å². The van der Waals surface area contributed by atoms with E-state index in [0.717, 1.165) is 0 Å². The number of hydrogen-bond acceptors (Lipinski definition) is 1. The number of carbonyl (C=O) groups is 1. The Hall–Kier alpha value is -0.240. The van der Waals surface area contributed by atoms with Gasteiger partial charge in [-0.05, 0) is 11.3 Å². The van der Waals surface area contributed by atoms with Crippen LogP contribution in [0.3, 0.4) is 0 Å². The van der Waals surface area contributed by atoms with Gasteiger partial charge in [-0.15, -0.1) is 11.6 Å². The van der Waals surface area contributed by atoms with Crippen LogP contribution in [0.1, 0.15) is 27.7 Å². The van der Waals surface area contributed by atoms with Crippen LogP contribution in [0.25, 0.3) is 0 Å². The lowest BCUT2D eigenvalue weighted by molar-refractivity contribution is -0.119. The summed E-state index contributed by atoms with van der Waals surface area (Å²) in [6.45, 7) is 8.05. The molecule has 11 heavy (non-hydrogen) atoms. The fourth-order valence-electron chi connectivity index (χ4n) is 0.685. The molecular weight excluding hydrogens is 162 g/mol. The fourth-order valence-corrected chi connectivity index (χ4v) is 1.06. The van der Waals surface area contributed by atoms with E-state index in [1.807, 2.05) is 27.7 Å². The lowest BCUT2D eigenvalue weighted by Gasteiger charge is -2.29. The molecule has 2 N–H and O–H groups in total. The number of carbonyl (C=O) groups excluding carboxylic acids is 1. The molecule has 0 fully saturated rings. The van der Waals surface area contributed by atoms with Crippen LogP contribution in [0.15, 0.2) is 0 Å². The monoisotopic (exact) mass is 177 g/mol. The molecule has 0 heterocycles. The van der Waals surface area contributed by atoms with E-state index in [-0.39, 0.29) is 11.3 Å². The summed E-state index contributed by atoms with van der Waals surface area (Å²) in [7, 11) is 0. The summed E-state index contributed by atoms with van der Waals surface area (Å²) in [6.07, 6.45) is 0. The van der Waals surface area contributed by atoms with Gasteiger partial charge in [-0.25, -0.2) is 0 Å². The summed E-state index contributed by atoms with van der Waals surface area (Å²) in [5, 5.41) is -0.560. The summed E-state index contributed by atoms with van der Waals surface area (Å²) in [5.41, 5.74) is 5.09. The van der Waals surface area contributed by atoms with E-state index in [0.29, 0.717) is 0 Å². The third-order valence-corrected chi connectivity index (χ3v) is 2.67. The predicted molar refractivity (Wildman–Crippen MR) is 47.5 cm³/mol. The Bertz CT molecular complexity index is 151. The van der Waals surface area contributed by atoms with Crippen molar-refractivity contribution in [1.82, 2.24) is 0 Å². The van der Waals surface area contributed by atoms with Crippen molar-refractivity contribution < 1.29 is 4.79 Å². The van der Waals surface area contributed by atoms with E-state index in [1.165, 1.54) is 0 Å². The van der Waals surface area contributed by atoms with Gasteiger partial charge in [-0.2, -0.15) is 0 Å². The summed E-state index contributed by atoms with van der Waals surface area (Å²) in [4.78, 5) is 10.7. The van der Waals surface area contributed by atoms with Gasteiger partial charge in [0.15, 0.2) is 0 Å². The minimum absolute atomic E-state index is 0.0292. The summed E-state index contributed by atoms with van der Waals surface area (Å²) in [5.74, 6) is -0.337. The summed E-state index contributed by atoms with van der Waals surface area (Å²) in [6, 6.07) is 0. The minimum Gasteiger partial charge on any atom is -0.368 e. The molecule has 0 saturated heterocycles. The standard InChI is InChI=1S/C8H16ClNO/c1-5(8(2,3)4)6(9)7(10)11/h5-6H,1-4H3,(H2,10,11). The highest BCUT2D eigenvalue weighted by molar-refractivity contribution is 6.30. The number of nitrogens with two attached hydrogens (primary N) is 1. The van der Waals surface area contributed by atoms with E-state index < -0.39 is 11.3 Å². The van der Waals surface area contributed by atoms with Crippen molar-refractivity contribution in [2.75, 3.05) is 0 Å². The van der Waals surface area contributed by atoms with Crippen LogP contribution in [0.4, 0.5) is 0 Å². The van der Waals surface area contributed by atoms with Gasteiger partial charge < -0.3 is 5.73 Å². The molecule has 0 aliphatic heterocycles. The van der Waals surface area contributed by atoms with Gasteiger partial charge in [0.1, 0.15) is 5.38 Å². The lowest BCUT2D eigenvalue weighted by Crippen LogP contribution is -2.35. The number of hydrogen-bond donors (Lipinski definition) is 1. The Balaban J connectivity index is 4.25. The number of alkyl halides is 1. The molecule has 2 unspecified atom stereocenters. The maximum atomic E-state index is 10.7. The first-order valence-corrected chi connectivity index (χ1v) is 4.14. The average molecular weight is 178 g/mol. The second-order valence-electron chi connectivity index (χ2n) is 3.96. The van der Waals surface area contributed by atoms with E-state index in [2.05, 4.69) is 0 Å². The van der Waals surface area contributed by atoms with Crippen LogP contribution in [0.2, 0.25) is 0 Å². The zero-order chi connectivity index (χ0) is 9.23. The fraction of sp³-hybridized carbons (Fsp3) is 0.875. The Morgan fingerprint density at radius 3 is 1.91 bits per heavy atom. The van der Waals surface area contributed by atoms with Gasteiger partial charge >= 0.3 is 0 Å². The molecule has 0 bridgehead atoms. The van der Waals surface area contributed by atoms with E-state index in [1.54, 1.807) is 0 Å². The Morgan fingerprint density at radius 1 is 1.45 bits per heavy atom. The molecule has 0 rings (SSSR count). The second-order valence-corrected chi connectivity index (χ2v) is 4.43. The smallest absolute Gasteiger partial charge is 0.235 e. The highest BCUT2D eigenvalue weighted by atomic mass is 35.5. The molecule has 0 saturated carbocycles. The van der Waals surface area contributed by atoms with Crippen molar-refractivity contribution in [3.8, 4) is 0 Å². The Kier molecular flexibility index (Phi) is 3.36. The zero-order valence-corrected chi connectivity index (χ0v) is 8.27. The maximum Gasteiger partial charge on any atom is 0.235 e. The van der Waals surface area contributed by atoms with Crippen LogP contribution in [0.5, 0.6) is 0 Å². The van der Waals surface area contributed by atoms with Crippen LogP contribution in [-0.4, -0.2) is 11.3 Å². The highest BCUT2D eigenvalue weighted by Crippen LogP contribution is 2.30. The van der Waals surface area contributed by atoms with Crippen LogP contribution in [0, 0.1) is 11.3 Å². The molecule has 1 amide bonds. The Morgan fingerprint density at radius 2 is 1.82 bits per heavy atom. The third kappa shape index (κ3) is 3.10. The van der Waals surface area contributed by atoms with E-state index >= 15 is 0 Å². The largest absolute Gasteiger partial charge is 0.368 e. The second kappa shape index (κ2) is 3.44. The summed E-state index contributed by atoms with van der Waals surface area (Å²) >= 11 is 5.78. The van der Waals surface area contributed by atoms with Crippen molar-refractivity contribution in [3.63, 3.8) is 0 Å². The van der Waals surface area contributed by atoms with Gasteiger partial charge in [0.25, 0.3) is 0 Å². The van der Waals surface area contributed by atoms with Gasteiger partial charge in [0.05, 0.1) is 0 Å². The minimum atomic E-state index is -0.560. The number of halogens is 1. The third-order valence-electron chi connectivity index (χ3n) is 2.08. The quantitative estimate of drug-likeness (QED) is 0.642. The molecule has 2 atom stereocenters. The molecule has 0 aromatic heterocycles. The first-order valence-electron chi connectivity index (χ1n) is 3.70. The van der Waals surface area contributed by atoms with Crippen LogP contribution >= 0.6 is 11.6 Å². The van der Waals surface area contributed by atoms with Gasteiger partial charge in [0, 0.05) is 0 Å². The van der Waals surface area contributed by atoms with Crippen molar-refractivity contribution >= 4 is 17.5 Å². The van der Waals surface area contributed by atoms with Crippen molar-refractivity contribution in [3.05, 3.63) is 0 Å². The lowest BCUT2D eigenvalue weighted by atomic mass is 9.80. The Labute approximate surface area is 73.1 Å². The molecule has 66 valence electrons. The number of rotatable bonds is 2. The molecule has 2 nitrogen and oxygen atoms in total. The molecule has 0 aromatic carbocycles. The number of primary amides is 1. The van der Waals surface area contributed by atoms with Gasteiger partial charge in [-0.3, -0.25) is 4.79 Å². The van der Waals surface area contributed by atoms with Crippen LogP contribution in [-0.2, 0) is 4.79 Å². The van der Waals surface area contributed by atoms with Gasteiger partial charge in [-0.1, -0.05) is 27.7 Å². The van der Waals surface area contributed by atoms with E-state index in [9.17, 15) is 4.79 Å². The average Bonchev–Trinajstić information content (AvgIpc) is 1.82. The molecule has 0 spiro atoms. The molecule has 0 aliphatic rings. The molecule has 0 aliphatic carbocycles. The molecule has 0 aromatic rings. The molecule has 0 radical (unpaired) electrons. The van der Waals surface area contributed by atoms with Crippen LogP contribution < -0.4 is 5.73 Å². The van der Waals surface area contributed by atoms with Crippen molar-refractivity contribution in [2.45, 2.75) is 33.1 Å². The van der Waals surface area contributed by atoms with Gasteiger partial charge in [0.2, 0.25) is 5.91 Å². The van der Waals surface area contributed by atoms with Crippen molar-refractivity contribution in [2.24, 2.45) is 17.1 Å². The SMILES string of the molecule is CC(C(Cl)C(N)=O)C(C)(C)C. The summed E-state index contributed by atoms with van der Waals surface area (Å²) < 4.78 is 0.